The van der Waals surface area contributed by atoms with Crippen molar-refractivity contribution in [2.45, 2.75) is 38.4 Å². The van der Waals surface area contributed by atoms with Gasteiger partial charge in [-0.3, -0.25) is 4.79 Å². The number of rotatable bonds is 4. The molecule has 3 nitrogen and oxygen atoms in total. The van der Waals surface area contributed by atoms with Gasteiger partial charge >= 0.3 is 5.97 Å². The SMILES string of the molecule is CCOC(=O)C12CC(CI)(C1)OC2c1ccc(C)cc1. The summed E-state index contributed by atoms with van der Waals surface area (Å²) in [5.41, 5.74) is 1.72. The minimum Gasteiger partial charge on any atom is -0.465 e. The van der Waals surface area contributed by atoms with E-state index in [9.17, 15) is 4.79 Å². The minimum atomic E-state index is -0.462. The van der Waals surface area contributed by atoms with Crippen molar-refractivity contribution in [2.75, 3.05) is 11.0 Å². The van der Waals surface area contributed by atoms with Crippen LogP contribution in [0.4, 0.5) is 0 Å². The van der Waals surface area contributed by atoms with Gasteiger partial charge in [-0.1, -0.05) is 52.4 Å². The molecule has 2 aliphatic heterocycles. The Hall–Kier alpha value is -0.620. The molecular weight excluding hydrogens is 367 g/mol. The molecule has 0 radical (unpaired) electrons. The lowest BCUT2D eigenvalue weighted by Gasteiger charge is -2.42. The zero-order valence-corrected chi connectivity index (χ0v) is 14.0. The van der Waals surface area contributed by atoms with E-state index in [0.717, 1.165) is 22.8 Å². The Morgan fingerprint density at radius 3 is 2.60 bits per heavy atom. The van der Waals surface area contributed by atoms with Crippen molar-refractivity contribution < 1.29 is 14.3 Å². The molecule has 1 aromatic carbocycles. The highest BCUT2D eigenvalue weighted by molar-refractivity contribution is 14.1. The van der Waals surface area contributed by atoms with E-state index in [1.54, 1.807) is 0 Å². The first-order valence-corrected chi connectivity index (χ1v) is 8.55. The van der Waals surface area contributed by atoms with Crippen LogP contribution in [0.3, 0.4) is 0 Å². The Labute approximate surface area is 133 Å². The molecule has 0 aromatic heterocycles. The molecule has 2 heterocycles. The molecule has 0 N–H and O–H groups in total. The smallest absolute Gasteiger partial charge is 0.315 e. The molecule has 4 heteroatoms. The number of aryl methyl sites for hydroxylation is 1. The van der Waals surface area contributed by atoms with Crippen molar-refractivity contribution in [1.82, 2.24) is 0 Å². The maximum Gasteiger partial charge on any atom is 0.315 e. The highest BCUT2D eigenvalue weighted by Gasteiger charge is 2.71. The molecule has 20 heavy (non-hydrogen) atoms. The lowest BCUT2D eigenvalue weighted by Crippen LogP contribution is -2.50. The van der Waals surface area contributed by atoms with Crippen LogP contribution in [0.1, 0.15) is 37.0 Å². The van der Waals surface area contributed by atoms with Crippen molar-refractivity contribution in [3.05, 3.63) is 35.4 Å². The molecule has 2 bridgehead atoms. The largest absolute Gasteiger partial charge is 0.465 e. The standard InChI is InChI=1S/C16H19IO3/c1-3-19-14(18)16-8-15(9-16,10-17)20-13(16)12-6-4-11(2)5-7-12/h4-7,13H,3,8-10H2,1-2H3. The summed E-state index contributed by atoms with van der Waals surface area (Å²) in [5.74, 6) is -0.0939. The van der Waals surface area contributed by atoms with E-state index < -0.39 is 5.41 Å². The van der Waals surface area contributed by atoms with E-state index in [2.05, 4.69) is 53.8 Å². The monoisotopic (exact) mass is 386 g/mol. The highest BCUT2D eigenvalue weighted by atomic mass is 127. The van der Waals surface area contributed by atoms with Gasteiger partial charge in [-0.2, -0.15) is 0 Å². The lowest BCUT2D eigenvalue weighted by molar-refractivity contribution is -0.161. The van der Waals surface area contributed by atoms with Gasteiger partial charge in [0.15, 0.2) is 0 Å². The lowest BCUT2D eigenvalue weighted by atomic mass is 9.60. The number of halogens is 1. The quantitative estimate of drug-likeness (QED) is 0.451. The van der Waals surface area contributed by atoms with Crippen LogP contribution in [0, 0.1) is 12.3 Å². The summed E-state index contributed by atoms with van der Waals surface area (Å²) in [6.07, 6.45) is 1.43. The molecule has 1 aliphatic carbocycles. The van der Waals surface area contributed by atoms with Crippen LogP contribution in [0.2, 0.25) is 0 Å². The van der Waals surface area contributed by atoms with Gasteiger partial charge in [0.25, 0.3) is 0 Å². The summed E-state index contributed by atoms with van der Waals surface area (Å²) in [6.45, 7) is 4.35. The van der Waals surface area contributed by atoms with Gasteiger partial charge in [-0.05, 0) is 32.3 Å². The first-order valence-electron chi connectivity index (χ1n) is 7.03. The molecule has 4 rings (SSSR count). The van der Waals surface area contributed by atoms with E-state index in [0.29, 0.717) is 6.61 Å². The van der Waals surface area contributed by atoms with Gasteiger partial charge in [-0.25, -0.2) is 0 Å². The Morgan fingerprint density at radius 2 is 2.05 bits per heavy atom. The van der Waals surface area contributed by atoms with Crippen molar-refractivity contribution in [2.24, 2.45) is 5.41 Å². The van der Waals surface area contributed by atoms with Crippen molar-refractivity contribution in [3.63, 3.8) is 0 Å². The zero-order valence-electron chi connectivity index (χ0n) is 11.8. The summed E-state index contributed by atoms with van der Waals surface area (Å²) in [5, 5.41) is 0. The number of alkyl halides is 1. The Morgan fingerprint density at radius 1 is 1.40 bits per heavy atom. The van der Waals surface area contributed by atoms with Gasteiger partial charge in [0, 0.05) is 4.43 Å². The number of benzene rings is 1. The Balaban J connectivity index is 1.93. The number of hydrogen-bond acceptors (Lipinski definition) is 3. The number of hydrogen-bond donors (Lipinski definition) is 0. The first kappa shape index (κ1) is 14.3. The molecule has 1 aromatic rings. The summed E-state index contributed by atoms with van der Waals surface area (Å²) in [4.78, 5) is 12.4. The fraction of sp³-hybridized carbons (Fsp3) is 0.562. The number of fused-ring (bicyclic) bond motifs is 1. The van der Waals surface area contributed by atoms with E-state index in [-0.39, 0.29) is 17.7 Å². The predicted molar refractivity (Wildman–Crippen MR) is 84.9 cm³/mol. The van der Waals surface area contributed by atoms with Crippen LogP contribution >= 0.6 is 22.6 Å². The number of ether oxygens (including phenoxy) is 2. The maximum atomic E-state index is 12.4. The highest BCUT2D eigenvalue weighted by Crippen LogP contribution is 2.68. The van der Waals surface area contributed by atoms with Crippen molar-refractivity contribution in [1.29, 1.82) is 0 Å². The van der Waals surface area contributed by atoms with Crippen LogP contribution in [0.25, 0.3) is 0 Å². The normalized spacial score (nSPS) is 34.6. The van der Waals surface area contributed by atoms with Gasteiger partial charge in [0.1, 0.15) is 5.41 Å². The van der Waals surface area contributed by atoms with Crippen molar-refractivity contribution >= 4 is 28.6 Å². The molecule has 108 valence electrons. The van der Waals surface area contributed by atoms with Crippen molar-refractivity contribution in [3.8, 4) is 0 Å². The Bertz CT molecular complexity index is 517. The zero-order chi connectivity index (χ0) is 14.4. The first-order chi connectivity index (χ1) is 9.55. The molecule has 1 atom stereocenters. The molecule has 3 aliphatic rings. The number of esters is 1. The van der Waals surface area contributed by atoms with E-state index in [1.165, 1.54) is 5.56 Å². The van der Waals surface area contributed by atoms with Crippen LogP contribution < -0.4 is 0 Å². The molecular formula is C16H19IO3. The molecule has 1 unspecified atom stereocenters. The van der Waals surface area contributed by atoms with Crippen LogP contribution in [-0.4, -0.2) is 22.6 Å². The van der Waals surface area contributed by atoms with Crippen LogP contribution in [0.15, 0.2) is 24.3 Å². The van der Waals surface area contributed by atoms with E-state index >= 15 is 0 Å². The molecule has 3 fully saturated rings. The summed E-state index contributed by atoms with van der Waals surface area (Å²) in [7, 11) is 0. The van der Waals surface area contributed by atoms with Crippen LogP contribution in [-0.2, 0) is 14.3 Å². The average molecular weight is 386 g/mol. The summed E-state index contributed by atoms with van der Waals surface area (Å²) < 4.78 is 12.5. The minimum absolute atomic E-state index is 0.0939. The number of carbonyl (C=O) groups is 1. The van der Waals surface area contributed by atoms with Gasteiger partial charge in [0.2, 0.25) is 0 Å². The van der Waals surface area contributed by atoms with E-state index in [4.69, 9.17) is 9.47 Å². The molecule has 0 amide bonds. The molecule has 0 spiro atoms. The predicted octanol–water partition coefficient (Wildman–Crippen LogP) is 3.58. The summed E-state index contributed by atoms with van der Waals surface area (Å²) in [6, 6.07) is 8.29. The average Bonchev–Trinajstić information content (AvgIpc) is 2.91. The maximum absolute atomic E-state index is 12.4. The van der Waals surface area contributed by atoms with Gasteiger partial charge in [-0.15, -0.1) is 0 Å². The third-order valence-corrected chi connectivity index (χ3v) is 5.84. The fourth-order valence-electron chi connectivity index (χ4n) is 3.51. The van der Waals surface area contributed by atoms with Crippen LogP contribution in [0.5, 0.6) is 0 Å². The Kier molecular flexibility index (Phi) is 3.57. The molecule has 1 saturated carbocycles. The van der Waals surface area contributed by atoms with Gasteiger partial charge < -0.3 is 9.47 Å². The molecule has 2 saturated heterocycles. The van der Waals surface area contributed by atoms with Gasteiger partial charge in [0.05, 0.1) is 18.3 Å². The second-order valence-electron chi connectivity index (χ2n) is 5.96. The second kappa shape index (κ2) is 4.98. The fourth-order valence-corrected chi connectivity index (χ4v) is 4.23. The summed E-state index contributed by atoms with van der Waals surface area (Å²) >= 11 is 2.35. The number of carbonyl (C=O) groups excluding carboxylic acids is 1. The van der Waals surface area contributed by atoms with E-state index in [1.807, 2.05) is 6.92 Å². The second-order valence-corrected chi connectivity index (χ2v) is 6.72. The topological polar surface area (TPSA) is 35.5 Å². The third kappa shape index (κ3) is 1.99. The third-order valence-electron chi connectivity index (χ3n) is 4.45.